The van der Waals surface area contributed by atoms with Crippen LogP contribution in [0.5, 0.6) is 5.88 Å². The molecule has 1 heterocycles. The molecule has 0 aliphatic carbocycles. The molecule has 24 heavy (non-hydrogen) atoms. The molecular weight excluding hydrogens is 302 g/mol. The Morgan fingerprint density at radius 1 is 1.46 bits per heavy atom. The van der Waals surface area contributed by atoms with Crippen molar-refractivity contribution in [3.8, 4) is 11.9 Å². The molecule has 0 amide bonds. The van der Waals surface area contributed by atoms with Gasteiger partial charge in [-0.1, -0.05) is 30.9 Å². The van der Waals surface area contributed by atoms with Gasteiger partial charge in [0.2, 0.25) is 5.88 Å². The number of pyridine rings is 1. The standard InChI is InChI=1S/C19H25N3O2/c1-4-5-6-7-15(2)18(10-11-21-12-13-23)24-19-17(14-20)9-8-16(3)22-19/h4-9,18,21,23H,2,10-13H2,1,3H3/b5-4-,7-6-/t18-/m1/s1. The normalized spacial score (nSPS) is 12.4. The molecule has 0 aromatic carbocycles. The van der Waals surface area contributed by atoms with Gasteiger partial charge < -0.3 is 15.2 Å². The largest absolute Gasteiger partial charge is 0.468 e. The highest BCUT2D eigenvalue weighted by Gasteiger charge is 2.16. The van der Waals surface area contributed by atoms with Gasteiger partial charge in [0, 0.05) is 18.7 Å². The SMILES string of the molecule is C=C(/C=C\C=C/C)[C@@H](CCNCCO)Oc1nc(C)ccc1C#N. The summed E-state index contributed by atoms with van der Waals surface area (Å²) in [5.74, 6) is 0.324. The van der Waals surface area contributed by atoms with Gasteiger partial charge in [-0.05, 0) is 38.1 Å². The van der Waals surface area contributed by atoms with Crippen LogP contribution in [0.25, 0.3) is 0 Å². The second-order valence-corrected chi connectivity index (χ2v) is 5.25. The second-order valence-electron chi connectivity index (χ2n) is 5.25. The molecule has 1 rings (SSSR count). The zero-order valence-electron chi connectivity index (χ0n) is 14.3. The molecule has 0 unspecified atom stereocenters. The number of nitrogens with one attached hydrogen (secondary N) is 1. The first-order chi connectivity index (χ1) is 11.6. The van der Waals surface area contributed by atoms with Crippen LogP contribution in [0.2, 0.25) is 0 Å². The van der Waals surface area contributed by atoms with E-state index in [9.17, 15) is 5.26 Å². The number of aliphatic hydroxyl groups is 1. The maximum absolute atomic E-state index is 9.22. The van der Waals surface area contributed by atoms with E-state index in [1.165, 1.54) is 0 Å². The maximum Gasteiger partial charge on any atom is 0.232 e. The molecule has 0 saturated carbocycles. The average molecular weight is 327 g/mol. The van der Waals surface area contributed by atoms with Crippen LogP contribution in [-0.4, -0.2) is 35.9 Å². The number of aryl methyl sites for hydroxylation is 1. The summed E-state index contributed by atoms with van der Waals surface area (Å²) < 4.78 is 5.98. The minimum atomic E-state index is -0.306. The Labute approximate surface area is 144 Å². The fourth-order valence-electron chi connectivity index (χ4n) is 2.00. The number of aliphatic hydroxyl groups excluding tert-OH is 1. The van der Waals surface area contributed by atoms with E-state index in [0.717, 1.165) is 11.3 Å². The van der Waals surface area contributed by atoms with Crippen molar-refractivity contribution in [3.05, 3.63) is 59.8 Å². The van der Waals surface area contributed by atoms with Crippen molar-refractivity contribution in [1.82, 2.24) is 10.3 Å². The number of rotatable bonds is 10. The number of nitriles is 1. The highest BCUT2D eigenvalue weighted by Crippen LogP contribution is 2.20. The lowest BCUT2D eigenvalue weighted by Gasteiger charge is -2.20. The lowest BCUT2D eigenvalue weighted by Crippen LogP contribution is -2.27. The maximum atomic E-state index is 9.22. The number of ether oxygens (including phenoxy) is 1. The predicted molar refractivity (Wildman–Crippen MR) is 95.8 cm³/mol. The van der Waals surface area contributed by atoms with Gasteiger partial charge >= 0.3 is 0 Å². The Hall–Kier alpha value is -2.42. The lowest BCUT2D eigenvalue weighted by molar-refractivity contribution is 0.216. The molecule has 0 fully saturated rings. The van der Waals surface area contributed by atoms with Crippen LogP contribution in [0.1, 0.15) is 24.6 Å². The average Bonchev–Trinajstić information content (AvgIpc) is 2.58. The monoisotopic (exact) mass is 327 g/mol. The number of hydrogen-bond donors (Lipinski definition) is 2. The summed E-state index contributed by atoms with van der Waals surface area (Å²) in [5.41, 5.74) is 1.99. The summed E-state index contributed by atoms with van der Waals surface area (Å²) in [6, 6.07) is 5.59. The van der Waals surface area contributed by atoms with Crippen LogP contribution in [0.4, 0.5) is 0 Å². The van der Waals surface area contributed by atoms with Gasteiger partial charge in [0.05, 0.1) is 6.61 Å². The van der Waals surface area contributed by atoms with Gasteiger partial charge in [-0.15, -0.1) is 0 Å². The zero-order valence-corrected chi connectivity index (χ0v) is 14.3. The van der Waals surface area contributed by atoms with Gasteiger partial charge in [-0.2, -0.15) is 5.26 Å². The number of aromatic nitrogens is 1. The molecule has 5 nitrogen and oxygen atoms in total. The third kappa shape index (κ3) is 6.78. The van der Waals surface area contributed by atoms with Gasteiger partial charge in [-0.3, -0.25) is 0 Å². The van der Waals surface area contributed by atoms with E-state index in [-0.39, 0.29) is 12.7 Å². The summed E-state index contributed by atoms with van der Waals surface area (Å²) in [4.78, 5) is 4.32. The second kappa shape index (κ2) is 11.2. The topological polar surface area (TPSA) is 78.2 Å². The molecule has 0 saturated heterocycles. The zero-order chi connectivity index (χ0) is 17.8. The third-order valence-corrected chi connectivity index (χ3v) is 3.27. The van der Waals surface area contributed by atoms with Crippen LogP contribution in [0, 0.1) is 18.3 Å². The lowest BCUT2D eigenvalue weighted by atomic mass is 10.1. The first-order valence-corrected chi connectivity index (χ1v) is 7.96. The van der Waals surface area contributed by atoms with Gasteiger partial charge in [0.15, 0.2) is 0 Å². The summed E-state index contributed by atoms with van der Waals surface area (Å²) in [7, 11) is 0. The predicted octanol–water partition coefficient (Wildman–Crippen LogP) is 2.67. The first-order valence-electron chi connectivity index (χ1n) is 7.96. The highest BCUT2D eigenvalue weighted by atomic mass is 16.5. The van der Waals surface area contributed by atoms with Crippen LogP contribution in [0.3, 0.4) is 0 Å². The summed E-state index contributed by atoms with van der Waals surface area (Å²) in [5, 5.41) is 21.2. The van der Waals surface area contributed by atoms with E-state index in [1.807, 2.05) is 38.2 Å². The number of nitrogens with zero attached hydrogens (tertiary/aromatic N) is 2. The molecule has 0 radical (unpaired) electrons. The Balaban J connectivity index is 2.90. The van der Waals surface area contributed by atoms with E-state index in [4.69, 9.17) is 9.84 Å². The molecule has 0 aliphatic rings. The van der Waals surface area contributed by atoms with E-state index >= 15 is 0 Å². The van der Waals surface area contributed by atoms with Crippen LogP contribution in [-0.2, 0) is 0 Å². The molecule has 1 aromatic heterocycles. The van der Waals surface area contributed by atoms with Gasteiger partial charge in [0.25, 0.3) is 0 Å². The smallest absolute Gasteiger partial charge is 0.232 e. The van der Waals surface area contributed by atoms with Gasteiger partial charge in [0.1, 0.15) is 17.7 Å². The molecule has 1 aromatic rings. The molecule has 0 aliphatic heterocycles. The Morgan fingerprint density at radius 2 is 2.25 bits per heavy atom. The number of allylic oxidation sites excluding steroid dienone is 3. The van der Waals surface area contributed by atoms with Crippen molar-refractivity contribution in [2.75, 3.05) is 19.7 Å². The molecule has 5 heteroatoms. The van der Waals surface area contributed by atoms with E-state index in [0.29, 0.717) is 31.0 Å². The summed E-state index contributed by atoms with van der Waals surface area (Å²) in [6.07, 6.45) is 7.97. The first kappa shape index (κ1) is 19.6. The van der Waals surface area contributed by atoms with Crippen molar-refractivity contribution in [1.29, 1.82) is 5.26 Å². The molecular formula is C19H25N3O2. The fraction of sp³-hybridized carbons (Fsp3) is 0.368. The summed E-state index contributed by atoms with van der Waals surface area (Å²) >= 11 is 0. The summed E-state index contributed by atoms with van der Waals surface area (Å²) in [6.45, 7) is 9.14. The molecule has 128 valence electrons. The highest BCUT2D eigenvalue weighted by molar-refractivity contribution is 5.39. The van der Waals surface area contributed by atoms with Crippen molar-refractivity contribution in [3.63, 3.8) is 0 Å². The molecule has 1 atom stereocenters. The van der Waals surface area contributed by atoms with Crippen molar-refractivity contribution < 1.29 is 9.84 Å². The Bertz CT molecular complexity index is 630. The van der Waals surface area contributed by atoms with E-state index in [2.05, 4.69) is 22.9 Å². The van der Waals surface area contributed by atoms with E-state index < -0.39 is 0 Å². The van der Waals surface area contributed by atoms with Crippen LogP contribution in [0.15, 0.2) is 48.6 Å². The van der Waals surface area contributed by atoms with Crippen molar-refractivity contribution in [2.45, 2.75) is 26.4 Å². The minimum absolute atomic E-state index is 0.0890. The minimum Gasteiger partial charge on any atom is -0.468 e. The third-order valence-electron chi connectivity index (χ3n) is 3.27. The molecule has 0 bridgehead atoms. The molecule has 0 spiro atoms. The van der Waals surface area contributed by atoms with Crippen LogP contribution >= 0.6 is 0 Å². The fourth-order valence-corrected chi connectivity index (χ4v) is 2.00. The molecule has 2 N–H and O–H groups in total. The van der Waals surface area contributed by atoms with Crippen molar-refractivity contribution in [2.24, 2.45) is 0 Å². The number of hydrogen-bond acceptors (Lipinski definition) is 5. The van der Waals surface area contributed by atoms with Crippen molar-refractivity contribution >= 4 is 0 Å². The quantitative estimate of drug-likeness (QED) is 0.510. The Kier molecular flexibility index (Phi) is 9.13. The van der Waals surface area contributed by atoms with Gasteiger partial charge in [-0.25, -0.2) is 4.98 Å². The Morgan fingerprint density at radius 3 is 2.92 bits per heavy atom. The van der Waals surface area contributed by atoms with Crippen LogP contribution < -0.4 is 10.1 Å². The van der Waals surface area contributed by atoms with E-state index in [1.54, 1.807) is 12.1 Å².